The summed E-state index contributed by atoms with van der Waals surface area (Å²) in [6.07, 6.45) is 0. The maximum atomic E-state index is 12.6. The number of carbonyl (C=O) groups excluding carboxylic acids is 1. The highest BCUT2D eigenvalue weighted by Crippen LogP contribution is 2.30. The van der Waals surface area contributed by atoms with E-state index in [4.69, 9.17) is 9.47 Å². The Hall–Kier alpha value is -3.28. The van der Waals surface area contributed by atoms with Crippen molar-refractivity contribution in [2.45, 2.75) is 26.8 Å². The number of hydrogen-bond acceptors (Lipinski definition) is 4. The van der Waals surface area contributed by atoms with Crippen LogP contribution < -0.4 is 14.8 Å². The van der Waals surface area contributed by atoms with E-state index in [2.05, 4.69) is 10.4 Å². The first-order chi connectivity index (χ1) is 13.4. The van der Waals surface area contributed by atoms with Crippen LogP contribution in [0.1, 0.15) is 40.3 Å². The standard InChI is InChI=1S/C22H25N3O3/c1-14-12-15(2)25(24-14)19-9-6-17(7-10-19)22(26)23-16(3)18-8-11-20(27-4)21(13-18)28-5/h6-13,16H,1-5H3,(H,23,26). The van der Waals surface area contributed by atoms with Crippen molar-refractivity contribution in [3.63, 3.8) is 0 Å². The highest BCUT2D eigenvalue weighted by atomic mass is 16.5. The van der Waals surface area contributed by atoms with Crippen LogP contribution in [0.2, 0.25) is 0 Å². The maximum Gasteiger partial charge on any atom is 0.251 e. The average Bonchev–Trinajstić information content (AvgIpc) is 3.05. The lowest BCUT2D eigenvalue weighted by Gasteiger charge is -2.17. The molecule has 0 aliphatic carbocycles. The molecule has 1 atom stereocenters. The number of nitrogens with zero attached hydrogens (tertiary/aromatic N) is 2. The molecule has 6 nitrogen and oxygen atoms in total. The SMILES string of the molecule is COc1ccc(C(C)NC(=O)c2ccc(-n3nc(C)cc3C)cc2)cc1OC. The molecule has 146 valence electrons. The topological polar surface area (TPSA) is 65.4 Å². The minimum atomic E-state index is -0.178. The van der Waals surface area contributed by atoms with E-state index in [1.165, 1.54) is 0 Å². The van der Waals surface area contributed by atoms with Crippen molar-refractivity contribution >= 4 is 5.91 Å². The number of hydrogen-bond donors (Lipinski definition) is 1. The lowest BCUT2D eigenvalue weighted by atomic mass is 10.1. The summed E-state index contributed by atoms with van der Waals surface area (Å²) in [7, 11) is 3.19. The normalized spacial score (nSPS) is 11.8. The van der Waals surface area contributed by atoms with Gasteiger partial charge in [-0.1, -0.05) is 6.07 Å². The van der Waals surface area contributed by atoms with Crippen LogP contribution in [-0.4, -0.2) is 29.9 Å². The smallest absolute Gasteiger partial charge is 0.251 e. The second-order valence-electron chi connectivity index (χ2n) is 6.70. The maximum absolute atomic E-state index is 12.6. The Labute approximate surface area is 165 Å². The molecule has 0 spiro atoms. The molecule has 1 N–H and O–H groups in total. The van der Waals surface area contributed by atoms with E-state index in [0.29, 0.717) is 17.1 Å². The zero-order chi connectivity index (χ0) is 20.3. The predicted octanol–water partition coefficient (Wildman–Crippen LogP) is 4.00. The van der Waals surface area contributed by atoms with E-state index in [0.717, 1.165) is 22.6 Å². The van der Waals surface area contributed by atoms with Gasteiger partial charge < -0.3 is 14.8 Å². The summed E-state index contributed by atoms with van der Waals surface area (Å²) in [5.41, 5.74) is 4.47. The minimum Gasteiger partial charge on any atom is -0.493 e. The van der Waals surface area contributed by atoms with Gasteiger partial charge in [-0.05, 0) is 68.8 Å². The van der Waals surface area contributed by atoms with Gasteiger partial charge in [0.2, 0.25) is 0 Å². The van der Waals surface area contributed by atoms with Crippen molar-refractivity contribution in [3.05, 3.63) is 71.0 Å². The molecule has 0 bridgehead atoms. The van der Waals surface area contributed by atoms with Crippen molar-refractivity contribution in [1.82, 2.24) is 15.1 Å². The molecule has 2 aromatic carbocycles. The van der Waals surface area contributed by atoms with Gasteiger partial charge in [-0.25, -0.2) is 4.68 Å². The molecule has 0 aliphatic rings. The second-order valence-corrected chi connectivity index (χ2v) is 6.70. The number of carbonyl (C=O) groups is 1. The zero-order valence-electron chi connectivity index (χ0n) is 16.8. The molecule has 6 heteroatoms. The largest absolute Gasteiger partial charge is 0.493 e. The fourth-order valence-electron chi connectivity index (χ4n) is 3.13. The molecule has 1 aromatic heterocycles. The fraction of sp³-hybridized carbons (Fsp3) is 0.273. The summed E-state index contributed by atoms with van der Waals surface area (Å²) < 4.78 is 12.5. The zero-order valence-corrected chi connectivity index (χ0v) is 16.8. The van der Waals surface area contributed by atoms with Crippen molar-refractivity contribution in [3.8, 4) is 17.2 Å². The third kappa shape index (κ3) is 4.01. The van der Waals surface area contributed by atoms with Crippen LogP contribution in [0.3, 0.4) is 0 Å². The van der Waals surface area contributed by atoms with E-state index in [-0.39, 0.29) is 11.9 Å². The average molecular weight is 379 g/mol. The Morgan fingerprint density at radius 3 is 2.25 bits per heavy atom. The van der Waals surface area contributed by atoms with E-state index < -0.39 is 0 Å². The van der Waals surface area contributed by atoms with Gasteiger partial charge in [0.25, 0.3) is 5.91 Å². The number of amides is 1. The Morgan fingerprint density at radius 1 is 1.00 bits per heavy atom. The van der Waals surface area contributed by atoms with Gasteiger partial charge in [0.15, 0.2) is 11.5 Å². The number of nitrogens with one attached hydrogen (secondary N) is 1. The minimum absolute atomic E-state index is 0.137. The summed E-state index contributed by atoms with van der Waals surface area (Å²) in [6.45, 7) is 5.90. The first kappa shape index (κ1) is 19.5. The number of rotatable bonds is 6. The highest BCUT2D eigenvalue weighted by molar-refractivity contribution is 5.94. The van der Waals surface area contributed by atoms with Gasteiger partial charge in [-0.15, -0.1) is 0 Å². The molecule has 0 saturated heterocycles. The van der Waals surface area contributed by atoms with Crippen molar-refractivity contribution in [1.29, 1.82) is 0 Å². The van der Waals surface area contributed by atoms with E-state index in [9.17, 15) is 4.79 Å². The molecular weight excluding hydrogens is 354 g/mol. The van der Waals surface area contributed by atoms with Gasteiger partial charge >= 0.3 is 0 Å². The second kappa shape index (κ2) is 8.17. The molecule has 0 aliphatic heterocycles. The third-order valence-corrected chi connectivity index (χ3v) is 4.64. The molecule has 3 rings (SSSR count). The quantitative estimate of drug-likeness (QED) is 0.703. The molecule has 3 aromatic rings. The molecule has 28 heavy (non-hydrogen) atoms. The molecule has 1 heterocycles. The Kier molecular flexibility index (Phi) is 5.68. The molecule has 1 amide bonds. The number of aromatic nitrogens is 2. The summed E-state index contributed by atoms with van der Waals surface area (Å²) in [5, 5.41) is 7.49. The predicted molar refractivity (Wildman–Crippen MR) is 108 cm³/mol. The van der Waals surface area contributed by atoms with Gasteiger partial charge in [-0.2, -0.15) is 5.10 Å². The fourth-order valence-corrected chi connectivity index (χ4v) is 3.13. The van der Waals surface area contributed by atoms with Gasteiger partial charge in [-0.3, -0.25) is 4.79 Å². The molecule has 0 saturated carbocycles. The lowest BCUT2D eigenvalue weighted by molar-refractivity contribution is 0.0940. The van der Waals surface area contributed by atoms with Crippen LogP contribution in [0.5, 0.6) is 11.5 Å². The summed E-state index contributed by atoms with van der Waals surface area (Å²) in [6, 6.07) is 14.9. The first-order valence-corrected chi connectivity index (χ1v) is 9.09. The summed E-state index contributed by atoms with van der Waals surface area (Å²) in [4.78, 5) is 12.6. The van der Waals surface area contributed by atoms with Crippen LogP contribution in [0.15, 0.2) is 48.5 Å². The van der Waals surface area contributed by atoms with Crippen molar-refractivity contribution in [2.24, 2.45) is 0 Å². The van der Waals surface area contributed by atoms with Crippen molar-refractivity contribution in [2.75, 3.05) is 14.2 Å². The van der Waals surface area contributed by atoms with E-state index in [1.807, 2.05) is 74.0 Å². The highest BCUT2D eigenvalue weighted by Gasteiger charge is 2.14. The van der Waals surface area contributed by atoms with Crippen LogP contribution in [-0.2, 0) is 0 Å². The monoisotopic (exact) mass is 379 g/mol. The Morgan fingerprint density at radius 2 is 1.68 bits per heavy atom. The van der Waals surface area contributed by atoms with E-state index in [1.54, 1.807) is 14.2 Å². The van der Waals surface area contributed by atoms with Gasteiger partial charge in [0.05, 0.1) is 31.6 Å². The molecule has 0 fully saturated rings. The van der Waals surface area contributed by atoms with Gasteiger partial charge in [0, 0.05) is 11.3 Å². The third-order valence-electron chi connectivity index (χ3n) is 4.64. The van der Waals surface area contributed by atoms with Crippen molar-refractivity contribution < 1.29 is 14.3 Å². The number of benzene rings is 2. The number of aryl methyl sites for hydroxylation is 2. The van der Waals surface area contributed by atoms with E-state index >= 15 is 0 Å². The summed E-state index contributed by atoms with van der Waals surface area (Å²) >= 11 is 0. The van der Waals surface area contributed by atoms with Crippen LogP contribution in [0.4, 0.5) is 0 Å². The lowest BCUT2D eigenvalue weighted by Crippen LogP contribution is -2.26. The van der Waals surface area contributed by atoms with Crippen LogP contribution >= 0.6 is 0 Å². The molecule has 0 radical (unpaired) electrons. The van der Waals surface area contributed by atoms with Crippen LogP contribution in [0, 0.1) is 13.8 Å². The number of methoxy groups -OCH3 is 2. The first-order valence-electron chi connectivity index (χ1n) is 9.09. The Balaban J connectivity index is 1.73. The van der Waals surface area contributed by atoms with Crippen LogP contribution in [0.25, 0.3) is 5.69 Å². The number of ether oxygens (including phenoxy) is 2. The molecular formula is C22H25N3O3. The van der Waals surface area contributed by atoms with Gasteiger partial charge in [0.1, 0.15) is 0 Å². The Bertz CT molecular complexity index is 977. The summed E-state index contributed by atoms with van der Waals surface area (Å²) in [5.74, 6) is 1.15. The molecule has 1 unspecified atom stereocenters.